The minimum Gasteiger partial charge on any atom is -0.338 e. The zero-order chi connectivity index (χ0) is 23.8. The molecule has 1 saturated carbocycles. The second-order valence-electron chi connectivity index (χ2n) is 8.69. The molecule has 0 saturated heterocycles. The number of para-hydroxylation sites is 1. The van der Waals surface area contributed by atoms with Gasteiger partial charge in [-0.1, -0.05) is 68.3 Å². The number of nitrogens with one attached hydrogen (secondary N) is 2. The van der Waals surface area contributed by atoms with Crippen molar-refractivity contribution in [3.05, 3.63) is 48.2 Å². The molecular formula is C24H29N5O4S. The summed E-state index contributed by atoms with van der Waals surface area (Å²) in [6, 6.07) is 9.54. The molecule has 2 aromatic heterocycles. The molecule has 1 unspecified atom stereocenters. The maximum absolute atomic E-state index is 12.6. The van der Waals surface area contributed by atoms with Gasteiger partial charge in [0.1, 0.15) is 0 Å². The summed E-state index contributed by atoms with van der Waals surface area (Å²) in [6.45, 7) is 0. The molecule has 0 spiro atoms. The summed E-state index contributed by atoms with van der Waals surface area (Å²) in [5.74, 6) is -0.525. The lowest BCUT2D eigenvalue weighted by Gasteiger charge is -2.22. The molecule has 0 bridgehead atoms. The van der Waals surface area contributed by atoms with Gasteiger partial charge >= 0.3 is 5.91 Å². The number of pyridine rings is 1. The summed E-state index contributed by atoms with van der Waals surface area (Å²) in [4.78, 5) is 33.9. The van der Waals surface area contributed by atoms with Gasteiger partial charge in [0.25, 0.3) is 5.82 Å². The maximum atomic E-state index is 12.6. The van der Waals surface area contributed by atoms with Crippen molar-refractivity contribution in [1.82, 2.24) is 25.3 Å². The van der Waals surface area contributed by atoms with Crippen molar-refractivity contribution in [3.63, 3.8) is 0 Å². The smallest absolute Gasteiger partial charge is 0.302 e. The van der Waals surface area contributed by atoms with Crippen LogP contribution in [0.1, 0.15) is 80.2 Å². The fourth-order valence-corrected chi connectivity index (χ4v) is 5.22. The van der Waals surface area contributed by atoms with Gasteiger partial charge in [-0.3, -0.25) is 24.5 Å². The first-order valence-electron chi connectivity index (χ1n) is 11.7. The third-order valence-electron chi connectivity index (χ3n) is 6.29. The molecule has 1 aliphatic carbocycles. The highest BCUT2D eigenvalue weighted by Gasteiger charge is 2.25. The molecule has 1 aliphatic rings. The van der Waals surface area contributed by atoms with Gasteiger partial charge in [-0.05, 0) is 36.4 Å². The van der Waals surface area contributed by atoms with Crippen LogP contribution < -0.4 is 10.2 Å². The van der Waals surface area contributed by atoms with Crippen molar-refractivity contribution in [2.45, 2.75) is 68.6 Å². The molecule has 1 aromatic carbocycles. The topological polar surface area (TPSA) is 130 Å². The molecule has 3 N–H and O–H groups in total. The number of nitrogens with zero attached hydrogens (tertiary/aromatic N) is 3. The third kappa shape index (κ3) is 6.32. The molecule has 2 amide bonds. The quantitative estimate of drug-likeness (QED) is 0.213. The van der Waals surface area contributed by atoms with Gasteiger partial charge in [0.15, 0.2) is 0 Å². The Labute approximate surface area is 202 Å². The molecule has 180 valence electrons. The monoisotopic (exact) mass is 483 g/mol. The normalized spacial score (nSPS) is 15.2. The minimum atomic E-state index is -0.522. The Morgan fingerprint density at radius 1 is 1.18 bits per heavy atom. The average molecular weight is 484 g/mol. The van der Waals surface area contributed by atoms with Gasteiger partial charge in [-0.25, -0.2) is 5.48 Å². The Kier molecular flexibility index (Phi) is 8.48. The van der Waals surface area contributed by atoms with E-state index in [0.717, 1.165) is 46.5 Å². The molecule has 34 heavy (non-hydrogen) atoms. The van der Waals surface area contributed by atoms with Gasteiger partial charge in [0.2, 0.25) is 11.8 Å². The van der Waals surface area contributed by atoms with Crippen molar-refractivity contribution < 1.29 is 19.3 Å². The number of carbonyl (C=O) groups excluding carboxylic acids is 2. The number of hydroxylamine groups is 1. The molecule has 3 aromatic rings. The van der Waals surface area contributed by atoms with Crippen LogP contribution in [0.3, 0.4) is 0 Å². The summed E-state index contributed by atoms with van der Waals surface area (Å²) in [6.07, 6.45) is 10.8. The average Bonchev–Trinajstić information content (AvgIpc) is 3.37. The van der Waals surface area contributed by atoms with Crippen molar-refractivity contribution >= 4 is 34.7 Å². The number of benzene rings is 1. The number of hydrogen-bond donors (Lipinski definition) is 3. The van der Waals surface area contributed by atoms with Crippen LogP contribution in [0.2, 0.25) is 0 Å². The molecule has 2 heterocycles. The Hall–Kier alpha value is -2.98. The van der Waals surface area contributed by atoms with Crippen molar-refractivity contribution in [2.24, 2.45) is 5.92 Å². The van der Waals surface area contributed by atoms with Gasteiger partial charge in [-0.2, -0.15) is 4.98 Å². The van der Waals surface area contributed by atoms with Gasteiger partial charge < -0.3 is 4.52 Å². The first kappa shape index (κ1) is 24.2. The molecule has 10 heteroatoms. The fraction of sp³-hybridized carbons (Fsp3) is 0.458. The molecular weight excluding hydrogens is 454 g/mol. The zero-order valence-corrected chi connectivity index (χ0v) is 19.7. The standard InChI is InChI=1S/C24H29N5O4S/c30-20(27-32)15-18(11-4-9-16-7-2-1-3-8-16)24-26-22(28-33-24)23(31)29-34-19-13-5-10-17-12-6-14-25-21(17)19/h5-6,10,12-14,16,18,32H,1-4,7-9,11,15H2,(H,27,30)(H,29,31). The summed E-state index contributed by atoms with van der Waals surface area (Å²) < 4.78 is 8.08. The molecule has 1 atom stereocenters. The molecule has 9 nitrogen and oxygen atoms in total. The minimum absolute atomic E-state index is 0.0147. The summed E-state index contributed by atoms with van der Waals surface area (Å²) in [7, 11) is 0. The summed E-state index contributed by atoms with van der Waals surface area (Å²) in [5, 5.41) is 13.8. The SMILES string of the molecule is O=C(CC(CCCC1CCCCC1)c1nc(C(=O)NSc2cccc3cccnc23)no1)NO. The van der Waals surface area contributed by atoms with Crippen molar-refractivity contribution in [3.8, 4) is 0 Å². The Morgan fingerprint density at radius 2 is 2.00 bits per heavy atom. The van der Waals surface area contributed by atoms with E-state index in [0.29, 0.717) is 6.42 Å². The van der Waals surface area contributed by atoms with Gasteiger partial charge in [-0.15, -0.1) is 0 Å². The lowest BCUT2D eigenvalue weighted by molar-refractivity contribution is -0.129. The number of aromatic nitrogens is 3. The van der Waals surface area contributed by atoms with Crippen LogP contribution in [0.4, 0.5) is 0 Å². The fourth-order valence-electron chi connectivity index (χ4n) is 4.51. The molecule has 0 aliphatic heterocycles. The lowest BCUT2D eigenvalue weighted by Crippen LogP contribution is -2.22. The maximum Gasteiger partial charge on any atom is 0.302 e. The third-order valence-corrected chi connectivity index (χ3v) is 7.13. The molecule has 4 rings (SSSR count). The Bertz CT molecular complexity index is 1110. The highest BCUT2D eigenvalue weighted by molar-refractivity contribution is 7.98. The predicted octanol–water partition coefficient (Wildman–Crippen LogP) is 4.78. The van der Waals surface area contributed by atoms with Crippen LogP contribution in [-0.2, 0) is 4.79 Å². The van der Waals surface area contributed by atoms with Crippen LogP contribution in [0.5, 0.6) is 0 Å². The second-order valence-corrected chi connectivity index (χ2v) is 9.54. The second kappa shape index (κ2) is 11.9. The van der Waals surface area contributed by atoms with E-state index in [-0.39, 0.29) is 24.1 Å². The van der Waals surface area contributed by atoms with E-state index < -0.39 is 11.8 Å². The van der Waals surface area contributed by atoms with E-state index in [9.17, 15) is 9.59 Å². The van der Waals surface area contributed by atoms with E-state index in [1.807, 2.05) is 30.3 Å². The van der Waals surface area contributed by atoms with Crippen LogP contribution in [0.25, 0.3) is 10.9 Å². The Morgan fingerprint density at radius 3 is 2.82 bits per heavy atom. The van der Waals surface area contributed by atoms with E-state index in [2.05, 4.69) is 19.8 Å². The van der Waals surface area contributed by atoms with Gasteiger partial charge in [0, 0.05) is 23.9 Å². The first-order valence-corrected chi connectivity index (χ1v) is 12.5. The summed E-state index contributed by atoms with van der Waals surface area (Å²) >= 11 is 1.13. The van der Waals surface area contributed by atoms with E-state index >= 15 is 0 Å². The number of amides is 2. The number of rotatable bonds is 10. The van der Waals surface area contributed by atoms with E-state index in [1.54, 1.807) is 11.7 Å². The largest absolute Gasteiger partial charge is 0.338 e. The van der Waals surface area contributed by atoms with E-state index in [1.165, 1.54) is 32.1 Å². The van der Waals surface area contributed by atoms with Crippen LogP contribution in [0, 0.1) is 5.92 Å². The van der Waals surface area contributed by atoms with Gasteiger partial charge in [0.05, 0.1) is 10.4 Å². The van der Waals surface area contributed by atoms with Crippen molar-refractivity contribution in [2.75, 3.05) is 0 Å². The number of hydrogen-bond acceptors (Lipinski definition) is 8. The highest BCUT2D eigenvalue weighted by Crippen LogP contribution is 2.31. The molecule has 1 fully saturated rings. The summed E-state index contributed by atoms with van der Waals surface area (Å²) in [5.41, 5.74) is 2.46. The number of carbonyl (C=O) groups is 2. The number of fused-ring (bicyclic) bond motifs is 1. The van der Waals surface area contributed by atoms with Crippen molar-refractivity contribution in [1.29, 1.82) is 0 Å². The van der Waals surface area contributed by atoms with E-state index in [4.69, 9.17) is 9.73 Å². The van der Waals surface area contributed by atoms with Crippen LogP contribution in [-0.4, -0.2) is 32.1 Å². The molecule has 0 radical (unpaired) electrons. The van der Waals surface area contributed by atoms with Crippen LogP contribution >= 0.6 is 11.9 Å². The lowest BCUT2D eigenvalue weighted by atomic mass is 9.84. The first-order chi connectivity index (χ1) is 16.6. The Balaban J connectivity index is 1.37. The zero-order valence-electron chi connectivity index (χ0n) is 18.9. The van der Waals surface area contributed by atoms with Crippen LogP contribution in [0.15, 0.2) is 45.9 Å². The predicted molar refractivity (Wildman–Crippen MR) is 127 cm³/mol. The highest BCUT2D eigenvalue weighted by atomic mass is 32.2.